The zero-order valence-electron chi connectivity index (χ0n) is 13.8. The molecule has 0 amide bonds. The van der Waals surface area contributed by atoms with Gasteiger partial charge in [-0.05, 0) is 50.6 Å². The van der Waals surface area contributed by atoms with Gasteiger partial charge in [0, 0.05) is 12.5 Å². The van der Waals surface area contributed by atoms with Gasteiger partial charge in [-0.1, -0.05) is 31.3 Å². The summed E-state index contributed by atoms with van der Waals surface area (Å²) < 4.78 is 5.50. The molecule has 2 fully saturated rings. The molecule has 2 aliphatic rings. The Bertz CT molecular complexity index is 454. The van der Waals surface area contributed by atoms with Gasteiger partial charge in [-0.15, -0.1) is 0 Å². The first kappa shape index (κ1) is 15.9. The maximum Gasteiger partial charge on any atom is 0.229 e. The molecule has 1 saturated carbocycles. The van der Waals surface area contributed by atoms with Crippen LogP contribution in [0.1, 0.15) is 75.9 Å². The Morgan fingerprint density at radius 2 is 1.95 bits per heavy atom. The van der Waals surface area contributed by atoms with Crippen molar-refractivity contribution < 1.29 is 9.63 Å². The number of rotatable bonds is 5. The van der Waals surface area contributed by atoms with Gasteiger partial charge in [0.05, 0.1) is 6.54 Å². The molecule has 1 aromatic rings. The highest BCUT2D eigenvalue weighted by atomic mass is 16.5. The lowest BCUT2D eigenvalue weighted by atomic mass is 9.77. The van der Waals surface area contributed by atoms with Crippen molar-refractivity contribution >= 4 is 0 Å². The van der Waals surface area contributed by atoms with Gasteiger partial charge in [0.1, 0.15) is 0 Å². The third-order valence-corrected chi connectivity index (χ3v) is 5.81. The molecule has 5 nitrogen and oxygen atoms in total. The van der Waals surface area contributed by atoms with E-state index in [1.165, 1.54) is 32.1 Å². The highest BCUT2D eigenvalue weighted by molar-refractivity contribution is 4.96. The number of hydrogen-bond donors (Lipinski definition) is 1. The predicted octanol–water partition coefficient (Wildman–Crippen LogP) is 3.10. The first-order valence-electron chi connectivity index (χ1n) is 8.90. The lowest BCUT2D eigenvalue weighted by Gasteiger charge is -2.39. The molecule has 2 heterocycles. The van der Waals surface area contributed by atoms with Crippen LogP contribution >= 0.6 is 0 Å². The molecule has 124 valence electrons. The van der Waals surface area contributed by atoms with Crippen LogP contribution in [0.4, 0.5) is 0 Å². The first-order chi connectivity index (χ1) is 10.7. The van der Waals surface area contributed by atoms with Crippen molar-refractivity contribution in [1.82, 2.24) is 15.0 Å². The number of nitrogens with zero attached hydrogens (tertiary/aromatic N) is 3. The first-order valence-corrected chi connectivity index (χ1v) is 8.90. The van der Waals surface area contributed by atoms with Crippen molar-refractivity contribution in [2.75, 3.05) is 19.7 Å². The van der Waals surface area contributed by atoms with E-state index in [-0.39, 0.29) is 5.41 Å². The standard InChI is InChI=1S/C17H29N3O2/c1-2-17(13-21)8-10-20(11-9-17)12-15-18-16(22-19-15)14-6-4-3-5-7-14/h14,21H,2-13H2,1H3. The van der Waals surface area contributed by atoms with Gasteiger partial charge in [-0.3, -0.25) is 4.90 Å². The van der Waals surface area contributed by atoms with E-state index >= 15 is 0 Å². The number of aliphatic hydroxyl groups is 1. The Morgan fingerprint density at radius 1 is 1.23 bits per heavy atom. The highest BCUT2D eigenvalue weighted by Crippen LogP contribution is 2.35. The van der Waals surface area contributed by atoms with E-state index in [1.54, 1.807) is 0 Å². The van der Waals surface area contributed by atoms with Gasteiger partial charge in [-0.25, -0.2) is 0 Å². The molecule has 1 saturated heterocycles. The minimum atomic E-state index is 0.140. The van der Waals surface area contributed by atoms with Crippen molar-refractivity contribution in [3.63, 3.8) is 0 Å². The minimum Gasteiger partial charge on any atom is -0.396 e. The average molecular weight is 307 g/mol. The lowest BCUT2D eigenvalue weighted by molar-refractivity contribution is 0.0371. The number of likely N-dealkylation sites (tertiary alicyclic amines) is 1. The second-order valence-electron chi connectivity index (χ2n) is 7.17. The monoisotopic (exact) mass is 307 g/mol. The molecule has 1 aliphatic heterocycles. The van der Waals surface area contributed by atoms with Crippen LogP contribution in [0.2, 0.25) is 0 Å². The van der Waals surface area contributed by atoms with Gasteiger partial charge in [0.25, 0.3) is 0 Å². The van der Waals surface area contributed by atoms with Gasteiger partial charge < -0.3 is 9.63 Å². The van der Waals surface area contributed by atoms with Crippen LogP contribution in [0.5, 0.6) is 0 Å². The zero-order valence-corrected chi connectivity index (χ0v) is 13.8. The van der Waals surface area contributed by atoms with Gasteiger partial charge >= 0.3 is 0 Å². The van der Waals surface area contributed by atoms with Crippen LogP contribution in [0.25, 0.3) is 0 Å². The fourth-order valence-electron chi connectivity index (χ4n) is 3.86. The Morgan fingerprint density at radius 3 is 2.59 bits per heavy atom. The highest BCUT2D eigenvalue weighted by Gasteiger charge is 2.32. The largest absolute Gasteiger partial charge is 0.396 e. The summed E-state index contributed by atoms with van der Waals surface area (Å²) in [7, 11) is 0. The second kappa shape index (κ2) is 7.09. The minimum absolute atomic E-state index is 0.140. The SMILES string of the molecule is CCC1(CO)CCN(Cc2noc(C3CCCCC3)n2)CC1. The Balaban J connectivity index is 1.53. The van der Waals surface area contributed by atoms with E-state index in [0.29, 0.717) is 12.5 Å². The number of piperidine rings is 1. The number of hydrogen-bond acceptors (Lipinski definition) is 5. The molecule has 1 aliphatic carbocycles. The van der Waals surface area contributed by atoms with E-state index in [0.717, 1.165) is 50.6 Å². The summed E-state index contributed by atoms with van der Waals surface area (Å²) in [5, 5.41) is 13.8. The van der Waals surface area contributed by atoms with Crippen LogP contribution in [-0.4, -0.2) is 39.8 Å². The quantitative estimate of drug-likeness (QED) is 0.905. The normalized spacial score (nSPS) is 23.7. The summed E-state index contributed by atoms with van der Waals surface area (Å²) in [5.41, 5.74) is 0.140. The number of aliphatic hydroxyl groups excluding tert-OH is 1. The topological polar surface area (TPSA) is 62.4 Å². The Hall–Kier alpha value is -0.940. The molecule has 0 atom stereocenters. The molecule has 5 heteroatoms. The fourth-order valence-corrected chi connectivity index (χ4v) is 3.86. The molecule has 0 spiro atoms. The van der Waals surface area contributed by atoms with Crippen LogP contribution < -0.4 is 0 Å². The smallest absolute Gasteiger partial charge is 0.229 e. The maximum atomic E-state index is 9.61. The van der Waals surface area contributed by atoms with Gasteiger partial charge in [-0.2, -0.15) is 4.98 Å². The zero-order chi connectivity index (χ0) is 15.4. The summed E-state index contributed by atoms with van der Waals surface area (Å²) in [6, 6.07) is 0. The molecule has 1 aromatic heterocycles. The van der Waals surface area contributed by atoms with Gasteiger partial charge in [0.2, 0.25) is 5.89 Å². The average Bonchev–Trinajstić information content (AvgIpc) is 3.05. The van der Waals surface area contributed by atoms with E-state index in [1.807, 2.05) is 0 Å². The van der Waals surface area contributed by atoms with Crippen molar-refractivity contribution in [2.45, 2.75) is 70.8 Å². The second-order valence-corrected chi connectivity index (χ2v) is 7.17. The Kier molecular flexibility index (Phi) is 5.14. The van der Waals surface area contributed by atoms with E-state index in [9.17, 15) is 5.11 Å². The summed E-state index contributed by atoms with van der Waals surface area (Å²) in [6.07, 6.45) is 9.49. The van der Waals surface area contributed by atoms with Crippen LogP contribution in [0.3, 0.4) is 0 Å². The number of aromatic nitrogens is 2. The molecular formula is C17H29N3O2. The Labute approximate surface area is 133 Å². The summed E-state index contributed by atoms with van der Waals surface area (Å²) in [6.45, 7) is 5.30. The molecule has 0 radical (unpaired) electrons. The summed E-state index contributed by atoms with van der Waals surface area (Å²) in [5.74, 6) is 2.16. The molecule has 0 bridgehead atoms. The third-order valence-electron chi connectivity index (χ3n) is 5.81. The predicted molar refractivity (Wildman–Crippen MR) is 84.4 cm³/mol. The molecule has 0 unspecified atom stereocenters. The maximum absolute atomic E-state index is 9.61. The lowest BCUT2D eigenvalue weighted by Crippen LogP contribution is -2.41. The summed E-state index contributed by atoms with van der Waals surface area (Å²) in [4.78, 5) is 7.02. The molecule has 1 N–H and O–H groups in total. The van der Waals surface area contributed by atoms with Crippen LogP contribution in [0, 0.1) is 5.41 Å². The van der Waals surface area contributed by atoms with Crippen LogP contribution in [-0.2, 0) is 6.54 Å². The third kappa shape index (κ3) is 3.51. The molecule has 0 aromatic carbocycles. The molecular weight excluding hydrogens is 278 g/mol. The van der Waals surface area contributed by atoms with Crippen LogP contribution in [0.15, 0.2) is 4.52 Å². The fraction of sp³-hybridized carbons (Fsp3) is 0.882. The van der Waals surface area contributed by atoms with Crippen molar-refractivity contribution in [3.8, 4) is 0 Å². The van der Waals surface area contributed by atoms with Crippen molar-refractivity contribution in [2.24, 2.45) is 5.41 Å². The molecule has 3 rings (SSSR count). The van der Waals surface area contributed by atoms with Gasteiger partial charge in [0.15, 0.2) is 5.82 Å². The van der Waals surface area contributed by atoms with Crippen molar-refractivity contribution in [1.29, 1.82) is 0 Å². The van der Waals surface area contributed by atoms with E-state index in [4.69, 9.17) is 4.52 Å². The van der Waals surface area contributed by atoms with E-state index in [2.05, 4.69) is 22.0 Å². The molecule has 22 heavy (non-hydrogen) atoms. The van der Waals surface area contributed by atoms with Crippen molar-refractivity contribution in [3.05, 3.63) is 11.7 Å². The van der Waals surface area contributed by atoms with E-state index < -0.39 is 0 Å². The summed E-state index contributed by atoms with van der Waals surface area (Å²) >= 11 is 0.